The predicted molar refractivity (Wildman–Crippen MR) is 105 cm³/mol. The Labute approximate surface area is 157 Å². The Kier molecular flexibility index (Phi) is 4.37. The molecule has 132 valence electrons. The second kappa shape index (κ2) is 6.69. The first-order valence-electron chi connectivity index (χ1n) is 8.17. The van der Waals surface area contributed by atoms with Crippen LogP contribution < -0.4 is 11.1 Å². The number of benzene rings is 1. The Hall–Kier alpha value is -2.45. The topological polar surface area (TPSA) is 69.3 Å². The molecule has 3 aromatic heterocycles. The van der Waals surface area contributed by atoms with E-state index in [0.717, 1.165) is 5.69 Å². The van der Waals surface area contributed by atoms with E-state index in [2.05, 4.69) is 9.97 Å². The number of fused-ring (bicyclic) bond motifs is 2. The molecule has 3 heterocycles. The molecule has 26 heavy (non-hydrogen) atoms. The van der Waals surface area contributed by atoms with E-state index in [0.29, 0.717) is 39.0 Å². The van der Waals surface area contributed by atoms with Gasteiger partial charge in [0, 0.05) is 29.4 Å². The van der Waals surface area contributed by atoms with Gasteiger partial charge in [0.15, 0.2) is 10.1 Å². The average molecular weight is 384 g/mol. The standard InChI is InChI=1S/C18H16N4O2S2/c1-3-21-16(24)13-6-4-5-7-14(13)20-17(21)26-10-12-8-15(23)22-11(2)9-25-18(22)19-12/h4-9H,3,10H2,1-2H3. The minimum atomic E-state index is -0.0799. The molecule has 0 N–H and O–H groups in total. The third-order valence-corrected chi connectivity index (χ3v) is 6.07. The normalized spacial score (nSPS) is 11.5. The first kappa shape index (κ1) is 17.0. The van der Waals surface area contributed by atoms with Gasteiger partial charge in [-0.3, -0.25) is 18.6 Å². The number of para-hydroxylation sites is 1. The first-order valence-corrected chi connectivity index (χ1v) is 10.0. The first-order chi connectivity index (χ1) is 12.6. The lowest BCUT2D eigenvalue weighted by Gasteiger charge is -2.11. The van der Waals surface area contributed by atoms with E-state index in [1.807, 2.05) is 37.4 Å². The summed E-state index contributed by atoms with van der Waals surface area (Å²) >= 11 is 2.87. The van der Waals surface area contributed by atoms with Gasteiger partial charge in [0.1, 0.15) is 0 Å². The number of aryl methyl sites for hydroxylation is 1. The monoisotopic (exact) mass is 384 g/mol. The zero-order chi connectivity index (χ0) is 18.3. The Morgan fingerprint density at radius 3 is 2.81 bits per heavy atom. The van der Waals surface area contributed by atoms with Gasteiger partial charge >= 0.3 is 0 Å². The molecule has 0 saturated heterocycles. The highest BCUT2D eigenvalue weighted by Crippen LogP contribution is 2.22. The summed E-state index contributed by atoms with van der Waals surface area (Å²) in [5.74, 6) is 0.480. The molecule has 0 aliphatic heterocycles. The second-order valence-corrected chi connectivity index (χ2v) is 7.61. The van der Waals surface area contributed by atoms with Gasteiger partial charge in [-0.15, -0.1) is 11.3 Å². The quantitative estimate of drug-likeness (QED) is 0.399. The van der Waals surface area contributed by atoms with Gasteiger partial charge in [-0.2, -0.15) is 0 Å². The highest BCUT2D eigenvalue weighted by molar-refractivity contribution is 7.98. The third-order valence-electron chi connectivity index (χ3n) is 4.12. The van der Waals surface area contributed by atoms with Crippen molar-refractivity contribution in [3.63, 3.8) is 0 Å². The number of thiazole rings is 1. The molecule has 0 spiro atoms. The molecular formula is C18H16N4O2S2. The maximum Gasteiger partial charge on any atom is 0.262 e. The predicted octanol–water partition coefficient (Wildman–Crippen LogP) is 3.09. The summed E-state index contributed by atoms with van der Waals surface area (Å²) in [6.45, 7) is 4.35. The molecular weight excluding hydrogens is 368 g/mol. The average Bonchev–Trinajstić information content (AvgIpc) is 3.01. The van der Waals surface area contributed by atoms with E-state index in [1.54, 1.807) is 21.1 Å². The van der Waals surface area contributed by atoms with Crippen LogP contribution in [0.4, 0.5) is 0 Å². The molecule has 0 aliphatic carbocycles. The lowest BCUT2D eigenvalue weighted by molar-refractivity contribution is 0.634. The van der Waals surface area contributed by atoms with Crippen molar-refractivity contribution in [2.45, 2.75) is 31.3 Å². The van der Waals surface area contributed by atoms with Gasteiger partial charge < -0.3 is 0 Å². The smallest absolute Gasteiger partial charge is 0.262 e. The van der Waals surface area contributed by atoms with E-state index in [9.17, 15) is 9.59 Å². The van der Waals surface area contributed by atoms with Gasteiger partial charge in [0.2, 0.25) is 0 Å². The van der Waals surface area contributed by atoms with Crippen LogP contribution in [-0.4, -0.2) is 18.9 Å². The molecule has 0 atom stereocenters. The minimum Gasteiger partial charge on any atom is -0.287 e. The van der Waals surface area contributed by atoms with Crippen molar-refractivity contribution in [1.82, 2.24) is 18.9 Å². The third kappa shape index (κ3) is 2.85. The summed E-state index contributed by atoms with van der Waals surface area (Å²) in [5, 5.41) is 3.17. The summed E-state index contributed by atoms with van der Waals surface area (Å²) < 4.78 is 3.27. The zero-order valence-electron chi connectivity index (χ0n) is 14.3. The van der Waals surface area contributed by atoms with Gasteiger partial charge in [0.25, 0.3) is 11.1 Å². The molecule has 0 unspecified atom stereocenters. The second-order valence-electron chi connectivity index (χ2n) is 5.83. The van der Waals surface area contributed by atoms with Crippen LogP contribution in [0.1, 0.15) is 18.3 Å². The van der Waals surface area contributed by atoms with Crippen molar-refractivity contribution in [3.05, 3.63) is 67.8 Å². The van der Waals surface area contributed by atoms with Crippen molar-refractivity contribution in [2.75, 3.05) is 0 Å². The molecule has 0 radical (unpaired) electrons. The van der Waals surface area contributed by atoms with Crippen LogP contribution in [0.15, 0.2) is 50.5 Å². The molecule has 1 aromatic carbocycles. The van der Waals surface area contributed by atoms with Gasteiger partial charge in [0.05, 0.1) is 16.6 Å². The van der Waals surface area contributed by atoms with Crippen LogP contribution in [0.2, 0.25) is 0 Å². The van der Waals surface area contributed by atoms with Crippen molar-refractivity contribution in [1.29, 1.82) is 0 Å². The van der Waals surface area contributed by atoms with E-state index in [-0.39, 0.29) is 11.1 Å². The Balaban J connectivity index is 1.72. The van der Waals surface area contributed by atoms with E-state index in [1.165, 1.54) is 23.1 Å². The molecule has 6 nitrogen and oxygen atoms in total. The van der Waals surface area contributed by atoms with Gasteiger partial charge in [-0.1, -0.05) is 23.9 Å². The molecule has 0 amide bonds. The highest BCUT2D eigenvalue weighted by atomic mass is 32.2. The van der Waals surface area contributed by atoms with Crippen molar-refractivity contribution >= 4 is 39.0 Å². The summed E-state index contributed by atoms with van der Waals surface area (Å²) in [4.78, 5) is 34.8. The molecule has 0 bridgehead atoms. The summed E-state index contributed by atoms with van der Waals surface area (Å²) in [6.07, 6.45) is 0. The van der Waals surface area contributed by atoms with E-state index < -0.39 is 0 Å². The lowest BCUT2D eigenvalue weighted by Crippen LogP contribution is -2.22. The summed E-state index contributed by atoms with van der Waals surface area (Å²) in [6, 6.07) is 8.89. The van der Waals surface area contributed by atoms with Crippen LogP contribution in [0.5, 0.6) is 0 Å². The molecule has 0 aliphatic rings. The number of nitrogens with zero attached hydrogens (tertiary/aromatic N) is 4. The Bertz CT molecular complexity index is 1240. The maximum atomic E-state index is 12.7. The van der Waals surface area contributed by atoms with E-state index >= 15 is 0 Å². The fourth-order valence-electron chi connectivity index (χ4n) is 2.85. The molecule has 4 rings (SSSR count). The summed E-state index contributed by atoms with van der Waals surface area (Å²) in [7, 11) is 0. The highest BCUT2D eigenvalue weighted by Gasteiger charge is 2.12. The van der Waals surface area contributed by atoms with E-state index in [4.69, 9.17) is 0 Å². The number of thioether (sulfide) groups is 1. The van der Waals surface area contributed by atoms with Crippen LogP contribution in [0.3, 0.4) is 0 Å². The van der Waals surface area contributed by atoms with Gasteiger partial charge in [-0.25, -0.2) is 9.97 Å². The van der Waals surface area contributed by atoms with Gasteiger partial charge in [-0.05, 0) is 26.0 Å². The van der Waals surface area contributed by atoms with Crippen molar-refractivity contribution < 1.29 is 0 Å². The van der Waals surface area contributed by atoms with Crippen LogP contribution in [0, 0.1) is 6.92 Å². The SMILES string of the molecule is CCn1c(SCc2cc(=O)n3c(C)csc3n2)nc2ccccc2c1=O. The van der Waals surface area contributed by atoms with Crippen molar-refractivity contribution in [3.8, 4) is 0 Å². The Morgan fingerprint density at radius 2 is 2.00 bits per heavy atom. The molecule has 0 fully saturated rings. The number of rotatable bonds is 4. The largest absolute Gasteiger partial charge is 0.287 e. The van der Waals surface area contributed by atoms with Crippen LogP contribution in [-0.2, 0) is 12.3 Å². The maximum absolute atomic E-state index is 12.7. The van der Waals surface area contributed by atoms with Crippen LogP contribution in [0.25, 0.3) is 15.9 Å². The fraction of sp³-hybridized carbons (Fsp3) is 0.222. The number of hydrogen-bond donors (Lipinski definition) is 0. The fourth-order valence-corrected chi connectivity index (χ4v) is 4.70. The minimum absolute atomic E-state index is 0.0436. The number of aromatic nitrogens is 4. The summed E-state index contributed by atoms with van der Waals surface area (Å²) in [5.41, 5.74) is 2.13. The van der Waals surface area contributed by atoms with Crippen LogP contribution >= 0.6 is 23.1 Å². The molecule has 4 aromatic rings. The number of hydrogen-bond acceptors (Lipinski definition) is 6. The molecule has 8 heteroatoms. The molecule has 0 saturated carbocycles. The Morgan fingerprint density at radius 1 is 1.19 bits per heavy atom. The lowest BCUT2D eigenvalue weighted by atomic mass is 10.2. The van der Waals surface area contributed by atoms with Crippen molar-refractivity contribution in [2.24, 2.45) is 0 Å². The zero-order valence-corrected chi connectivity index (χ0v) is 15.9.